The minimum absolute atomic E-state index is 0.151. The minimum atomic E-state index is -0.314. The van der Waals surface area contributed by atoms with Crippen molar-refractivity contribution in [2.75, 3.05) is 20.2 Å². The van der Waals surface area contributed by atoms with E-state index in [9.17, 15) is 9.18 Å². The van der Waals surface area contributed by atoms with E-state index in [4.69, 9.17) is 4.74 Å². The number of rotatable bonds is 6. The van der Waals surface area contributed by atoms with Gasteiger partial charge in [-0.05, 0) is 42.5 Å². The van der Waals surface area contributed by atoms with Crippen molar-refractivity contribution in [1.82, 2.24) is 19.7 Å². The maximum Gasteiger partial charge on any atom is 0.255 e. The van der Waals surface area contributed by atoms with E-state index >= 15 is 0 Å². The summed E-state index contributed by atoms with van der Waals surface area (Å²) in [4.78, 5) is 18.2. The number of nitrogens with zero attached hydrogens (tertiary/aromatic N) is 4. The Morgan fingerprint density at radius 1 is 1.24 bits per heavy atom. The number of hydrogen-bond donors (Lipinski definition) is 0. The van der Waals surface area contributed by atoms with Crippen molar-refractivity contribution in [1.29, 1.82) is 0 Å². The largest absolute Gasteiger partial charge is 0.492 e. The SMILES string of the molecule is CN(CCOc1ccc(F)cc1)C(=O)c1ccc(-n2cccn2)nc1. The Balaban J connectivity index is 1.54. The van der Waals surface area contributed by atoms with Crippen LogP contribution in [0.25, 0.3) is 5.82 Å². The van der Waals surface area contributed by atoms with E-state index in [0.29, 0.717) is 30.3 Å². The molecule has 0 saturated carbocycles. The lowest BCUT2D eigenvalue weighted by Gasteiger charge is -2.17. The van der Waals surface area contributed by atoms with Crippen molar-refractivity contribution >= 4 is 5.91 Å². The summed E-state index contributed by atoms with van der Waals surface area (Å²) in [6, 6.07) is 11.0. The average molecular weight is 340 g/mol. The smallest absolute Gasteiger partial charge is 0.255 e. The van der Waals surface area contributed by atoms with Crippen LogP contribution in [0.3, 0.4) is 0 Å². The molecular formula is C18H17FN4O2. The van der Waals surface area contributed by atoms with Crippen molar-refractivity contribution in [2.45, 2.75) is 0 Å². The molecule has 2 heterocycles. The fourth-order valence-corrected chi connectivity index (χ4v) is 2.21. The number of pyridine rings is 1. The monoisotopic (exact) mass is 340 g/mol. The molecule has 3 aromatic rings. The highest BCUT2D eigenvalue weighted by Gasteiger charge is 2.12. The number of carbonyl (C=O) groups is 1. The van der Waals surface area contributed by atoms with E-state index in [1.807, 2.05) is 0 Å². The van der Waals surface area contributed by atoms with Gasteiger partial charge in [-0.25, -0.2) is 14.1 Å². The van der Waals surface area contributed by atoms with Crippen LogP contribution in [-0.4, -0.2) is 45.8 Å². The molecule has 6 nitrogen and oxygen atoms in total. The summed E-state index contributed by atoms with van der Waals surface area (Å²) in [7, 11) is 1.69. The predicted molar refractivity (Wildman–Crippen MR) is 90.2 cm³/mol. The number of ether oxygens (including phenoxy) is 1. The van der Waals surface area contributed by atoms with Crippen molar-refractivity contribution in [3.05, 3.63) is 72.4 Å². The normalized spacial score (nSPS) is 10.5. The van der Waals surface area contributed by atoms with Gasteiger partial charge in [-0.2, -0.15) is 5.10 Å². The van der Waals surface area contributed by atoms with Gasteiger partial charge in [-0.15, -0.1) is 0 Å². The Hall–Kier alpha value is -3.22. The summed E-state index contributed by atoms with van der Waals surface area (Å²) in [5.74, 6) is 0.740. The third kappa shape index (κ3) is 4.20. The molecule has 25 heavy (non-hydrogen) atoms. The first kappa shape index (κ1) is 16.6. The minimum Gasteiger partial charge on any atom is -0.492 e. The van der Waals surface area contributed by atoms with Crippen LogP contribution in [0, 0.1) is 5.82 Å². The Kier molecular flexibility index (Phi) is 5.03. The Morgan fingerprint density at radius 3 is 2.68 bits per heavy atom. The Morgan fingerprint density at radius 2 is 2.04 bits per heavy atom. The highest BCUT2D eigenvalue weighted by molar-refractivity contribution is 5.93. The van der Waals surface area contributed by atoms with E-state index in [1.54, 1.807) is 59.4 Å². The molecule has 3 rings (SSSR count). The van der Waals surface area contributed by atoms with E-state index < -0.39 is 0 Å². The first-order chi connectivity index (χ1) is 12.1. The molecule has 0 saturated heterocycles. The van der Waals surface area contributed by atoms with Crippen LogP contribution in [0.5, 0.6) is 5.75 Å². The van der Waals surface area contributed by atoms with Gasteiger partial charge in [0, 0.05) is 25.6 Å². The molecule has 0 N–H and O–H groups in total. The molecule has 0 aliphatic carbocycles. The fraction of sp³-hybridized carbons (Fsp3) is 0.167. The number of benzene rings is 1. The molecule has 0 fully saturated rings. The third-order valence-corrected chi connectivity index (χ3v) is 3.59. The molecule has 0 spiro atoms. The van der Waals surface area contributed by atoms with Crippen LogP contribution in [0.4, 0.5) is 4.39 Å². The van der Waals surface area contributed by atoms with Gasteiger partial charge in [0.15, 0.2) is 5.82 Å². The summed E-state index contributed by atoms with van der Waals surface area (Å²) in [5, 5.41) is 4.09. The second kappa shape index (κ2) is 7.57. The molecule has 1 aromatic carbocycles. The zero-order chi connectivity index (χ0) is 17.6. The molecule has 2 aromatic heterocycles. The first-order valence-electron chi connectivity index (χ1n) is 7.73. The summed E-state index contributed by atoms with van der Waals surface area (Å²) < 4.78 is 19.9. The second-order valence-corrected chi connectivity index (χ2v) is 5.38. The summed E-state index contributed by atoms with van der Waals surface area (Å²) >= 11 is 0. The van der Waals surface area contributed by atoms with Crippen molar-refractivity contribution in [3.8, 4) is 11.6 Å². The summed E-state index contributed by atoms with van der Waals surface area (Å²) in [6.45, 7) is 0.712. The van der Waals surface area contributed by atoms with Gasteiger partial charge in [-0.3, -0.25) is 4.79 Å². The van der Waals surface area contributed by atoms with Gasteiger partial charge in [0.2, 0.25) is 0 Å². The molecular weight excluding hydrogens is 323 g/mol. The second-order valence-electron chi connectivity index (χ2n) is 5.38. The maximum atomic E-state index is 12.8. The molecule has 7 heteroatoms. The zero-order valence-electron chi connectivity index (χ0n) is 13.7. The Bertz CT molecular complexity index is 817. The number of carbonyl (C=O) groups excluding carboxylic acids is 1. The number of likely N-dealkylation sites (N-methyl/N-ethyl adjacent to an activating group) is 1. The van der Waals surface area contributed by atoms with E-state index in [0.717, 1.165) is 0 Å². The quantitative estimate of drug-likeness (QED) is 0.692. The Labute approximate surface area is 144 Å². The van der Waals surface area contributed by atoms with E-state index in [1.165, 1.54) is 18.3 Å². The summed E-state index contributed by atoms with van der Waals surface area (Å²) in [5.41, 5.74) is 0.486. The molecule has 0 atom stereocenters. The van der Waals surface area contributed by atoms with Crippen molar-refractivity contribution < 1.29 is 13.9 Å². The average Bonchev–Trinajstić information content (AvgIpc) is 3.17. The number of amides is 1. The van der Waals surface area contributed by atoms with Crippen LogP contribution in [0.1, 0.15) is 10.4 Å². The van der Waals surface area contributed by atoms with Gasteiger partial charge in [0.25, 0.3) is 5.91 Å². The van der Waals surface area contributed by atoms with Crippen molar-refractivity contribution in [2.24, 2.45) is 0 Å². The molecule has 0 bridgehead atoms. The van der Waals surface area contributed by atoms with Crippen LogP contribution in [-0.2, 0) is 0 Å². The number of hydrogen-bond acceptors (Lipinski definition) is 4. The van der Waals surface area contributed by atoms with Gasteiger partial charge < -0.3 is 9.64 Å². The van der Waals surface area contributed by atoms with Crippen LogP contribution in [0.15, 0.2) is 61.1 Å². The molecule has 128 valence electrons. The standard InChI is InChI=1S/C18H17FN4O2/c1-22(11-12-25-16-6-4-15(19)5-7-16)18(24)14-3-8-17(20-13-14)23-10-2-9-21-23/h2-10,13H,11-12H2,1H3. The van der Waals surface area contributed by atoms with Crippen LogP contribution < -0.4 is 4.74 Å². The van der Waals surface area contributed by atoms with Gasteiger partial charge in [0.1, 0.15) is 18.2 Å². The summed E-state index contributed by atoms with van der Waals surface area (Å²) in [6.07, 6.45) is 4.97. The zero-order valence-corrected chi connectivity index (χ0v) is 13.7. The molecule has 0 aliphatic heterocycles. The highest BCUT2D eigenvalue weighted by Crippen LogP contribution is 2.11. The third-order valence-electron chi connectivity index (χ3n) is 3.59. The molecule has 0 aliphatic rings. The van der Waals surface area contributed by atoms with Gasteiger partial charge in [0.05, 0.1) is 12.1 Å². The van der Waals surface area contributed by atoms with Gasteiger partial charge >= 0.3 is 0 Å². The highest BCUT2D eigenvalue weighted by atomic mass is 19.1. The predicted octanol–water partition coefficient (Wildman–Crippen LogP) is 2.56. The van der Waals surface area contributed by atoms with Gasteiger partial charge in [-0.1, -0.05) is 0 Å². The molecule has 0 radical (unpaired) electrons. The first-order valence-corrected chi connectivity index (χ1v) is 7.73. The fourth-order valence-electron chi connectivity index (χ4n) is 2.21. The van der Waals surface area contributed by atoms with Crippen LogP contribution >= 0.6 is 0 Å². The van der Waals surface area contributed by atoms with E-state index in [2.05, 4.69) is 10.1 Å². The molecule has 1 amide bonds. The lowest BCUT2D eigenvalue weighted by molar-refractivity contribution is 0.0773. The number of aromatic nitrogens is 3. The maximum absolute atomic E-state index is 12.8. The lowest BCUT2D eigenvalue weighted by atomic mass is 10.2. The van der Waals surface area contributed by atoms with Crippen molar-refractivity contribution in [3.63, 3.8) is 0 Å². The van der Waals surface area contributed by atoms with Crippen LogP contribution in [0.2, 0.25) is 0 Å². The molecule has 0 unspecified atom stereocenters. The topological polar surface area (TPSA) is 60.2 Å². The number of halogens is 1. The lowest BCUT2D eigenvalue weighted by Crippen LogP contribution is -2.31. The van der Waals surface area contributed by atoms with E-state index in [-0.39, 0.29) is 11.7 Å².